The van der Waals surface area contributed by atoms with E-state index in [-0.39, 0.29) is 17.9 Å². The summed E-state index contributed by atoms with van der Waals surface area (Å²) in [5.41, 5.74) is 1.03. The molecule has 5 heteroatoms. The summed E-state index contributed by atoms with van der Waals surface area (Å²) in [6, 6.07) is 5.07. The maximum atomic E-state index is 10.9. The molecule has 0 unspecified atom stereocenters. The van der Waals surface area contributed by atoms with Crippen molar-refractivity contribution in [3.8, 4) is 5.75 Å². The molecule has 0 radical (unpaired) electrons. The first kappa shape index (κ1) is 10.5. The van der Waals surface area contributed by atoms with Gasteiger partial charge in [-0.1, -0.05) is 6.07 Å². The van der Waals surface area contributed by atoms with Gasteiger partial charge in [-0.05, 0) is 18.6 Å². The molecule has 0 fully saturated rings. The molecule has 1 aliphatic carbocycles. The van der Waals surface area contributed by atoms with E-state index in [0.29, 0.717) is 17.7 Å². The second kappa shape index (κ2) is 3.84. The summed E-state index contributed by atoms with van der Waals surface area (Å²) in [6.45, 7) is 0. The minimum absolute atomic E-state index is 0.161. The fourth-order valence-corrected chi connectivity index (χ4v) is 1.96. The first-order valence-electron chi connectivity index (χ1n) is 4.88. The molecule has 1 aromatic rings. The molecule has 0 aliphatic heterocycles. The largest absolute Gasteiger partial charge is 0.506 e. The molecule has 0 atom stereocenters. The Morgan fingerprint density at radius 1 is 1.44 bits per heavy atom. The Kier molecular flexibility index (Phi) is 2.52. The van der Waals surface area contributed by atoms with Gasteiger partial charge >= 0.3 is 5.70 Å². The third kappa shape index (κ3) is 1.50. The molecule has 2 rings (SSSR count). The zero-order valence-corrected chi connectivity index (χ0v) is 8.77. The highest BCUT2D eigenvalue weighted by Crippen LogP contribution is 2.35. The molecule has 0 saturated heterocycles. The topological polar surface area (TPSA) is 72.6 Å². The van der Waals surface area contributed by atoms with Gasteiger partial charge in [-0.25, -0.2) is 0 Å². The van der Waals surface area contributed by atoms with E-state index >= 15 is 0 Å². The number of nitro groups is 1. The first-order chi connectivity index (χ1) is 7.65. The van der Waals surface area contributed by atoms with Crippen LogP contribution in [0.15, 0.2) is 24.0 Å². The highest BCUT2D eigenvalue weighted by Gasteiger charge is 2.29. The zero-order valence-electron chi connectivity index (χ0n) is 8.77. The van der Waals surface area contributed by atoms with E-state index < -0.39 is 4.92 Å². The molecule has 0 heterocycles. The van der Waals surface area contributed by atoms with Crippen LogP contribution in [0.25, 0.3) is 5.70 Å². The smallest absolute Gasteiger partial charge is 0.313 e. The van der Waals surface area contributed by atoms with Crippen molar-refractivity contribution < 1.29 is 14.8 Å². The Morgan fingerprint density at radius 3 is 2.81 bits per heavy atom. The molecule has 0 bridgehead atoms. The van der Waals surface area contributed by atoms with Gasteiger partial charge in [-0.2, -0.15) is 0 Å². The van der Waals surface area contributed by atoms with Gasteiger partial charge in [-0.3, -0.25) is 10.1 Å². The second-order valence-corrected chi connectivity index (χ2v) is 3.54. The van der Waals surface area contributed by atoms with E-state index in [0.717, 1.165) is 5.56 Å². The average Bonchev–Trinajstić information content (AvgIpc) is 2.27. The maximum absolute atomic E-state index is 10.9. The summed E-state index contributed by atoms with van der Waals surface area (Å²) in [7, 11) is 1.53. The highest BCUT2D eigenvalue weighted by atomic mass is 16.6. The number of nitrogens with zero attached hydrogens (tertiary/aromatic N) is 1. The van der Waals surface area contributed by atoms with Crippen LogP contribution < -0.4 is 4.74 Å². The Labute approximate surface area is 92.1 Å². The Bertz CT molecular complexity index is 479. The predicted molar refractivity (Wildman–Crippen MR) is 57.9 cm³/mol. The van der Waals surface area contributed by atoms with Crippen LogP contribution in [0.1, 0.15) is 17.5 Å². The summed E-state index contributed by atoms with van der Waals surface area (Å²) in [5.74, 6) is 0.468. The van der Waals surface area contributed by atoms with Crippen molar-refractivity contribution in [1.29, 1.82) is 0 Å². The van der Waals surface area contributed by atoms with E-state index in [1.807, 2.05) is 0 Å². The minimum atomic E-state index is -0.549. The van der Waals surface area contributed by atoms with Gasteiger partial charge in [-0.15, -0.1) is 0 Å². The van der Waals surface area contributed by atoms with Crippen LogP contribution in [0.2, 0.25) is 0 Å². The molecule has 1 N–H and O–H groups in total. The van der Waals surface area contributed by atoms with Crippen molar-refractivity contribution in [3.63, 3.8) is 0 Å². The summed E-state index contributed by atoms with van der Waals surface area (Å²) < 4.78 is 5.15. The number of aliphatic hydroxyl groups excluding tert-OH is 1. The lowest BCUT2D eigenvalue weighted by molar-refractivity contribution is -0.378. The molecular formula is C11H11NO4. The molecule has 0 amide bonds. The third-order valence-corrected chi connectivity index (χ3v) is 2.68. The fourth-order valence-electron chi connectivity index (χ4n) is 1.96. The predicted octanol–water partition coefficient (Wildman–Crippen LogP) is 2.14. The number of allylic oxidation sites excluding steroid dienone is 1. The number of methoxy groups -OCH3 is 1. The van der Waals surface area contributed by atoms with Crippen LogP contribution in [0.3, 0.4) is 0 Å². The number of fused-ring (bicyclic) bond motifs is 1. The Balaban J connectivity index is 2.64. The molecule has 5 nitrogen and oxygen atoms in total. The minimum Gasteiger partial charge on any atom is -0.506 e. The van der Waals surface area contributed by atoms with Crippen molar-refractivity contribution in [2.24, 2.45) is 0 Å². The summed E-state index contributed by atoms with van der Waals surface area (Å²) in [4.78, 5) is 10.3. The number of aliphatic hydroxyl groups is 1. The first-order valence-corrected chi connectivity index (χ1v) is 4.88. The van der Waals surface area contributed by atoms with E-state index in [4.69, 9.17) is 4.74 Å². The number of rotatable bonds is 2. The summed E-state index contributed by atoms with van der Waals surface area (Å²) in [5, 5.41) is 20.4. The van der Waals surface area contributed by atoms with Gasteiger partial charge in [0.05, 0.1) is 17.6 Å². The molecule has 1 aromatic carbocycles. The lowest BCUT2D eigenvalue weighted by atomic mass is 9.93. The molecule has 0 saturated carbocycles. The van der Waals surface area contributed by atoms with E-state index in [9.17, 15) is 15.2 Å². The molecule has 84 valence electrons. The Morgan fingerprint density at radius 2 is 2.19 bits per heavy atom. The molecule has 0 aromatic heterocycles. The van der Waals surface area contributed by atoms with Crippen LogP contribution in [0.4, 0.5) is 0 Å². The van der Waals surface area contributed by atoms with Crippen LogP contribution in [-0.4, -0.2) is 17.1 Å². The van der Waals surface area contributed by atoms with Gasteiger partial charge in [0.15, 0.2) is 5.76 Å². The number of hydrogen-bond donors (Lipinski definition) is 1. The molecule has 16 heavy (non-hydrogen) atoms. The van der Waals surface area contributed by atoms with Crippen molar-refractivity contribution in [1.82, 2.24) is 0 Å². The van der Waals surface area contributed by atoms with Crippen LogP contribution in [0, 0.1) is 10.1 Å². The second-order valence-electron chi connectivity index (χ2n) is 3.54. The molecule has 0 spiro atoms. The average molecular weight is 221 g/mol. The van der Waals surface area contributed by atoms with Gasteiger partial charge in [0, 0.05) is 12.0 Å². The Hall–Kier alpha value is -2.04. The van der Waals surface area contributed by atoms with Crippen molar-refractivity contribution in [3.05, 3.63) is 45.2 Å². The van der Waals surface area contributed by atoms with Crippen LogP contribution in [-0.2, 0) is 6.42 Å². The molecule has 1 aliphatic rings. The highest BCUT2D eigenvalue weighted by molar-refractivity contribution is 5.68. The van der Waals surface area contributed by atoms with Crippen molar-refractivity contribution >= 4 is 5.70 Å². The van der Waals surface area contributed by atoms with E-state index in [2.05, 4.69) is 0 Å². The van der Waals surface area contributed by atoms with E-state index in [1.165, 1.54) is 7.11 Å². The van der Waals surface area contributed by atoms with Gasteiger partial charge in [0.1, 0.15) is 5.75 Å². The fraction of sp³-hybridized carbons (Fsp3) is 0.273. The van der Waals surface area contributed by atoms with Crippen LogP contribution in [0.5, 0.6) is 5.75 Å². The lowest BCUT2D eigenvalue weighted by Crippen LogP contribution is -2.12. The SMILES string of the molecule is COc1cccc2c1CCC(O)=C2[N+](=O)[O-]. The normalized spacial score (nSPS) is 14.6. The monoisotopic (exact) mass is 221 g/mol. The van der Waals surface area contributed by atoms with Gasteiger partial charge < -0.3 is 9.84 Å². The molecular weight excluding hydrogens is 210 g/mol. The van der Waals surface area contributed by atoms with Crippen LogP contribution >= 0.6 is 0 Å². The van der Waals surface area contributed by atoms with Gasteiger partial charge in [0.2, 0.25) is 0 Å². The van der Waals surface area contributed by atoms with Gasteiger partial charge in [0.25, 0.3) is 0 Å². The van der Waals surface area contributed by atoms with Crippen molar-refractivity contribution in [2.75, 3.05) is 7.11 Å². The number of hydrogen-bond acceptors (Lipinski definition) is 4. The number of ether oxygens (including phenoxy) is 1. The lowest BCUT2D eigenvalue weighted by Gasteiger charge is -2.16. The zero-order chi connectivity index (χ0) is 11.7. The van der Waals surface area contributed by atoms with Crippen molar-refractivity contribution in [2.45, 2.75) is 12.8 Å². The quantitative estimate of drug-likeness (QED) is 0.613. The summed E-state index contributed by atoms with van der Waals surface area (Å²) in [6.07, 6.45) is 0.839. The van der Waals surface area contributed by atoms with E-state index in [1.54, 1.807) is 18.2 Å². The third-order valence-electron chi connectivity index (χ3n) is 2.68. The standard InChI is InChI=1S/C11H11NO4/c1-16-10-4-2-3-8-7(10)5-6-9(13)11(8)12(14)15/h2-4,13H,5-6H2,1H3. The summed E-state index contributed by atoms with van der Waals surface area (Å²) >= 11 is 0. The maximum Gasteiger partial charge on any atom is 0.313 e. The number of benzene rings is 1.